The number of phenols is 1. The van der Waals surface area contributed by atoms with E-state index in [1.165, 1.54) is 4.80 Å². The van der Waals surface area contributed by atoms with Crippen molar-refractivity contribution in [3.63, 3.8) is 0 Å². The molecule has 2 N–H and O–H groups in total. The number of methoxy groups -OCH3 is 1. The van der Waals surface area contributed by atoms with Gasteiger partial charge in [0.05, 0.1) is 20.3 Å². The molecule has 0 saturated heterocycles. The van der Waals surface area contributed by atoms with Crippen LogP contribution in [0.4, 0.5) is 0 Å². The Morgan fingerprint density at radius 3 is 2.52 bits per heavy atom. The normalized spacial score (nSPS) is 11.3. The number of aliphatic hydroxyl groups excluding tert-OH is 1. The van der Waals surface area contributed by atoms with E-state index in [1.54, 1.807) is 31.4 Å². The van der Waals surface area contributed by atoms with Crippen molar-refractivity contribution >= 4 is 21.8 Å². The second-order valence-corrected chi connectivity index (χ2v) is 6.73. The van der Waals surface area contributed by atoms with Crippen LogP contribution in [-0.2, 0) is 16.4 Å². The molecule has 0 radical (unpaired) electrons. The molecule has 0 aliphatic carbocycles. The van der Waals surface area contributed by atoms with Crippen molar-refractivity contribution in [3.05, 3.63) is 48.0 Å². The van der Waals surface area contributed by atoms with Crippen molar-refractivity contribution in [3.8, 4) is 22.9 Å². The average molecular weight is 425 g/mol. The number of ether oxygens (including phenoxy) is 2. The SMILES string of the molecule is CCOOCc1cc2nn(-c3cc4cc(OCCO)ccc4cc3O)nc2cc1OC. The van der Waals surface area contributed by atoms with Crippen molar-refractivity contribution in [1.29, 1.82) is 0 Å². The molecule has 4 aromatic rings. The highest BCUT2D eigenvalue weighted by molar-refractivity contribution is 5.88. The number of rotatable bonds is 9. The molecule has 3 aromatic carbocycles. The Bertz CT molecular complexity index is 1210. The van der Waals surface area contributed by atoms with Crippen LogP contribution in [0.15, 0.2) is 42.5 Å². The Labute approximate surface area is 178 Å². The highest BCUT2D eigenvalue weighted by Gasteiger charge is 2.14. The molecule has 1 aromatic heterocycles. The first-order chi connectivity index (χ1) is 15.1. The quantitative estimate of drug-likeness (QED) is 0.239. The Morgan fingerprint density at radius 1 is 0.968 bits per heavy atom. The van der Waals surface area contributed by atoms with Gasteiger partial charge in [0.1, 0.15) is 47.2 Å². The first-order valence-electron chi connectivity index (χ1n) is 9.82. The number of fused-ring (bicyclic) bond motifs is 2. The van der Waals surface area contributed by atoms with E-state index in [0.29, 0.717) is 34.8 Å². The molecule has 1 heterocycles. The molecule has 0 aliphatic heterocycles. The third-order valence-electron chi connectivity index (χ3n) is 4.68. The van der Waals surface area contributed by atoms with Gasteiger partial charge in [-0.2, -0.15) is 0 Å². The summed E-state index contributed by atoms with van der Waals surface area (Å²) in [6, 6.07) is 12.5. The third kappa shape index (κ3) is 4.38. The summed E-state index contributed by atoms with van der Waals surface area (Å²) in [7, 11) is 1.57. The Hall–Kier alpha value is -3.40. The van der Waals surface area contributed by atoms with Crippen molar-refractivity contribution in [2.24, 2.45) is 0 Å². The van der Waals surface area contributed by atoms with Crippen LogP contribution >= 0.6 is 0 Å². The fraction of sp³-hybridized carbons (Fsp3) is 0.273. The number of aromatic nitrogens is 3. The van der Waals surface area contributed by atoms with Crippen LogP contribution < -0.4 is 9.47 Å². The zero-order chi connectivity index (χ0) is 21.8. The van der Waals surface area contributed by atoms with E-state index in [9.17, 15) is 5.11 Å². The van der Waals surface area contributed by atoms with Gasteiger partial charge in [-0.25, -0.2) is 9.78 Å². The van der Waals surface area contributed by atoms with Crippen LogP contribution in [0.3, 0.4) is 0 Å². The van der Waals surface area contributed by atoms with Gasteiger partial charge in [0.15, 0.2) is 0 Å². The molecule has 0 atom stereocenters. The van der Waals surface area contributed by atoms with E-state index in [0.717, 1.165) is 16.3 Å². The fourth-order valence-electron chi connectivity index (χ4n) is 3.25. The summed E-state index contributed by atoms with van der Waals surface area (Å²) < 4.78 is 10.9. The molecule has 0 fully saturated rings. The number of aromatic hydroxyl groups is 1. The van der Waals surface area contributed by atoms with Gasteiger partial charge in [0, 0.05) is 11.6 Å². The fourth-order valence-corrected chi connectivity index (χ4v) is 3.25. The number of hydrogen-bond donors (Lipinski definition) is 2. The molecule has 0 bridgehead atoms. The lowest BCUT2D eigenvalue weighted by molar-refractivity contribution is -0.300. The van der Waals surface area contributed by atoms with Gasteiger partial charge in [-0.1, -0.05) is 6.07 Å². The van der Waals surface area contributed by atoms with E-state index in [2.05, 4.69) is 10.2 Å². The summed E-state index contributed by atoms with van der Waals surface area (Å²) >= 11 is 0. The molecule has 0 spiro atoms. The number of benzene rings is 3. The largest absolute Gasteiger partial charge is 0.506 e. The topological polar surface area (TPSA) is 108 Å². The lowest BCUT2D eigenvalue weighted by Gasteiger charge is -2.08. The molecule has 162 valence electrons. The lowest BCUT2D eigenvalue weighted by Crippen LogP contribution is -2.01. The maximum atomic E-state index is 10.6. The van der Waals surface area contributed by atoms with E-state index in [1.807, 2.05) is 25.1 Å². The summed E-state index contributed by atoms with van der Waals surface area (Å²) in [5.74, 6) is 1.27. The number of aliphatic hydroxyl groups is 1. The number of phenolic OH excluding ortho intramolecular Hbond substituents is 1. The molecule has 31 heavy (non-hydrogen) atoms. The molecule has 4 rings (SSSR count). The molecular formula is C22H23N3O6. The zero-order valence-corrected chi connectivity index (χ0v) is 17.2. The monoisotopic (exact) mass is 425 g/mol. The second-order valence-electron chi connectivity index (χ2n) is 6.73. The van der Waals surface area contributed by atoms with Crippen LogP contribution in [0.5, 0.6) is 17.2 Å². The molecule has 9 heteroatoms. The van der Waals surface area contributed by atoms with Crippen LogP contribution in [0.1, 0.15) is 12.5 Å². The minimum atomic E-state index is -0.0658. The summed E-state index contributed by atoms with van der Waals surface area (Å²) in [6.45, 7) is 2.62. The van der Waals surface area contributed by atoms with Crippen molar-refractivity contribution in [1.82, 2.24) is 15.0 Å². The van der Waals surface area contributed by atoms with Crippen molar-refractivity contribution in [2.45, 2.75) is 13.5 Å². The average Bonchev–Trinajstić information content (AvgIpc) is 3.19. The molecule has 0 saturated carbocycles. The van der Waals surface area contributed by atoms with E-state index in [-0.39, 0.29) is 25.6 Å². The smallest absolute Gasteiger partial charge is 0.143 e. The van der Waals surface area contributed by atoms with Crippen LogP contribution in [0, 0.1) is 0 Å². The van der Waals surface area contributed by atoms with Gasteiger partial charge in [0.2, 0.25) is 0 Å². The molecular weight excluding hydrogens is 402 g/mol. The number of hydrogen-bond acceptors (Lipinski definition) is 8. The standard InChI is InChI=1S/C22H23N3O6/c1-3-30-31-13-16-9-18-19(12-22(16)28-2)24-25(23-18)20-10-15-8-17(29-7-6-26)5-4-14(15)11-21(20)27/h4-5,8-12,26-27H,3,6-7,13H2,1-2H3. The van der Waals surface area contributed by atoms with Gasteiger partial charge < -0.3 is 19.7 Å². The highest BCUT2D eigenvalue weighted by atomic mass is 17.2. The summed E-state index contributed by atoms with van der Waals surface area (Å²) in [6.07, 6.45) is 0. The molecule has 9 nitrogen and oxygen atoms in total. The van der Waals surface area contributed by atoms with E-state index < -0.39 is 0 Å². The zero-order valence-electron chi connectivity index (χ0n) is 17.2. The molecule has 0 unspecified atom stereocenters. The summed E-state index contributed by atoms with van der Waals surface area (Å²) in [5.41, 5.74) is 2.42. The minimum Gasteiger partial charge on any atom is -0.506 e. The molecule has 0 amide bonds. The minimum absolute atomic E-state index is 0.0451. The van der Waals surface area contributed by atoms with Crippen LogP contribution in [0.25, 0.3) is 27.5 Å². The van der Waals surface area contributed by atoms with Gasteiger partial charge in [-0.05, 0) is 48.0 Å². The maximum absolute atomic E-state index is 10.6. The third-order valence-corrected chi connectivity index (χ3v) is 4.68. The Balaban J connectivity index is 1.73. The maximum Gasteiger partial charge on any atom is 0.143 e. The van der Waals surface area contributed by atoms with E-state index >= 15 is 0 Å². The summed E-state index contributed by atoms with van der Waals surface area (Å²) in [4.78, 5) is 11.5. The van der Waals surface area contributed by atoms with Gasteiger partial charge in [-0.15, -0.1) is 15.0 Å². The van der Waals surface area contributed by atoms with Crippen LogP contribution in [0.2, 0.25) is 0 Å². The lowest BCUT2D eigenvalue weighted by atomic mass is 10.1. The van der Waals surface area contributed by atoms with Gasteiger partial charge in [0.25, 0.3) is 0 Å². The van der Waals surface area contributed by atoms with Crippen molar-refractivity contribution in [2.75, 3.05) is 26.9 Å². The van der Waals surface area contributed by atoms with Gasteiger partial charge >= 0.3 is 0 Å². The van der Waals surface area contributed by atoms with Gasteiger partial charge in [-0.3, -0.25) is 0 Å². The Morgan fingerprint density at radius 2 is 1.77 bits per heavy atom. The number of nitrogens with zero attached hydrogens (tertiary/aromatic N) is 3. The highest BCUT2D eigenvalue weighted by Crippen LogP contribution is 2.31. The Kier molecular flexibility index (Phi) is 6.17. The van der Waals surface area contributed by atoms with E-state index in [4.69, 9.17) is 24.4 Å². The summed E-state index contributed by atoms with van der Waals surface area (Å²) in [5, 5.41) is 30.2. The predicted octanol–water partition coefficient (Wildman–Crippen LogP) is 3.13. The second kappa shape index (κ2) is 9.17. The molecule has 0 aliphatic rings. The van der Waals surface area contributed by atoms with Crippen molar-refractivity contribution < 1.29 is 29.5 Å². The first-order valence-corrected chi connectivity index (χ1v) is 9.82. The predicted molar refractivity (Wildman–Crippen MR) is 114 cm³/mol. The first kappa shape index (κ1) is 20.9. The van der Waals surface area contributed by atoms with Crippen LogP contribution in [-0.4, -0.2) is 52.1 Å².